The largest absolute Gasteiger partial charge is 0.573 e. The van der Waals surface area contributed by atoms with Crippen molar-refractivity contribution in [1.29, 1.82) is 0 Å². The summed E-state index contributed by atoms with van der Waals surface area (Å²) in [6.45, 7) is 7.05. The number of halogens is 3. The molecule has 0 aromatic heterocycles. The lowest BCUT2D eigenvalue weighted by Crippen LogP contribution is -2.50. The Morgan fingerprint density at radius 3 is 2.21 bits per heavy atom. The molecule has 1 fully saturated rings. The van der Waals surface area contributed by atoms with Crippen molar-refractivity contribution in [3.8, 4) is 5.75 Å². The van der Waals surface area contributed by atoms with E-state index in [1.54, 1.807) is 29.2 Å². The van der Waals surface area contributed by atoms with E-state index >= 15 is 0 Å². The lowest BCUT2D eigenvalue weighted by atomic mass is 9.69. The molecule has 1 aliphatic carbocycles. The van der Waals surface area contributed by atoms with E-state index in [-0.39, 0.29) is 41.7 Å². The fraction of sp³-hybridized carbons (Fsp3) is 0.484. The topological polar surface area (TPSA) is 108 Å². The number of rotatable bonds is 9. The Morgan fingerprint density at radius 2 is 1.67 bits per heavy atom. The molecule has 2 amide bonds. The van der Waals surface area contributed by atoms with Gasteiger partial charge in [0, 0.05) is 24.2 Å². The van der Waals surface area contributed by atoms with Crippen LogP contribution < -0.4 is 10.1 Å². The second-order valence-electron chi connectivity index (χ2n) is 12.0. The zero-order chi connectivity index (χ0) is 30.7. The van der Waals surface area contributed by atoms with Gasteiger partial charge in [0.1, 0.15) is 17.1 Å². The van der Waals surface area contributed by atoms with Gasteiger partial charge in [-0.25, -0.2) is 0 Å². The number of benzene rings is 2. The number of aliphatic imine (C=N–C) groups is 1. The first kappa shape index (κ1) is 31.1. The number of hydrogen-bond donors (Lipinski definition) is 2. The highest BCUT2D eigenvalue weighted by atomic mass is 19.4. The molecule has 0 radical (unpaired) electrons. The maximum atomic E-state index is 13.8. The van der Waals surface area contributed by atoms with Crippen LogP contribution in [0.4, 0.5) is 13.2 Å². The molecule has 2 N–H and O–H groups in total. The molecule has 0 saturated heterocycles. The molecule has 226 valence electrons. The maximum Gasteiger partial charge on any atom is 0.573 e. The average Bonchev–Trinajstić information content (AvgIpc) is 3.17. The fourth-order valence-electron chi connectivity index (χ4n) is 5.72. The second kappa shape index (κ2) is 12.1. The maximum absolute atomic E-state index is 13.8. The lowest BCUT2D eigenvalue weighted by molar-refractivity contribution is -0.274. The molecule has 0 bridgehead atoms. The molecule has 2 aliphatic rings. The number of hydrogen-bond acceptors (Lipinski definition) is 5. The first-order valence-electron chi connectivity index (χ1n) is 14.0. The van der Waals surface area contributed by atoms with E-state index in [4.69, 9.17) is 10.1 Å². The smallest absolute Gasteiger partial charge is 0.481 e. The van der Waals surface area contributed by atoms with Crippen LogP contribution in [0, 0.1) is 11.3 Å². The molecule has 1 heterocycles. The Morgan fingerprint density at radius 1 is 1.05 bits per heavy atom. The Bertz CT molecular complexity index is 1320. The van der Waals surface area contributed by atoms with Crippen LogP contribution >= 0.6 is 0 Å². The van der Waals surface area contributed by atoms with E-state index in [9.17, 15) is 27.6 Å². The van der Waals surface area contributed by atoms with Crippen molar-refractivity contribution in [3.05, 3.63) is 65.2 Å². The summed E-state index contributed by atoms with van der Waals surface area (Å²) >= 11 is 0. The van der Waals surface area contributed by atoms with Crippen molar-refractivity contribution < 1.29 is 37.4 Å². The van der Waals surface area contributed by atoms with Gasteiger partial charge in [-0.2, -0.15) is 0 Å². The number of carboxylic acid groups (broad SMARTS) is 1. The van der Waals surface area contributed by atoms with Gasteiger partial charge in [-0.05, 0) is 85.4 Å². The molecule has 1 spiro atoms. The van der Waals surface area contributed by atoms with Gasteiger partial charge in [-0.3, -0.25) is 19.4 Å². The van der Waals surface area contributed by atoms with Crippen LogP contribution in [0.5, 0.6) is 5.75 Å². The van der Waals surface area contributed by atoms with E-state index in [0.717, 1.165) is 18.4 Å². The minimum atomic E-state index is -4.81. The summed E-state index contributed by atoms with van der Waals surface area (Å²) in [5, 5.41) is 11.3. The fourth-order valence-corrected chi connectivity index (χ4v) is 5.72. The minimum Gasteiger partial charge on any atom is -0.481 e. The van der Waals surface area contributed by atoms with Crippen LogP contribution in [-0.4, -0.2) is 58.6 Å². The molecule has 0 atom stereocenters. The lowest BCUT2D eigenvalue weighted by Gasteiger charge is -2.45. The number of ether oxygens (including phenoxy) is 1. The number of carbonyl (C=O) groups excluding carboxylic acids is 2. The zero-order valence-electron chi connectivity index (χ0n) is 24.0. The predicted octanol–water partition coefficient (Wildman–Crippen LogP) is 5.60. The van der Waals surface area contributed by atoms with Gasteiger partial charge in [0.15, 0.2) is 0 Å². The van der Waals surface area contributed by atoms with E-state index in [1.807, 2.05) is 0 Å². The molecule has 8 nitrogen and oxygen atoms in total. The molecular formula is C31H36F3N3O5. The summed E-state index contributed by atoms with van der Waals surface area (Å²) in [5.41, 5.74) is 1.38. The average molecular weight is 588 g/mol. The summed E-state index contributed by atoms with van der Waals surface area (Å²) in [6.07, 6.45) is -1.29. The van der Waals surface area contributed by atoms with E-state index in [0.29, 0.717) is 42.9 Å². The highest BCUT2D eigenvalue weighted by molar-refractivity contribution is 6.46. The van der Waals surface area contributed by atoms with Crippen LogP contribution in [-0.2, 0) is 16.0 Å². The molecule has 0 unspecified atom stereocenters. The number of aliphatic carboxylic acids is 1. The third-order valence-corrected chi connectivity index (χ3v) is 8.11. The summed E-state index contributed by atoms with van der Waals surface area (Å²) < 4.78 is 41.9. The first-order valence-corrected chi connectivity index (χ1v) is 14.0. The van der Waals surface area contributed by atoms with E-state index in [2.05, 4.69) is 30.8 Å². The quantitative estimate of drug-likeness (QED) is 0.397. The second-order valence-corrected chi connectivity index (χ2v) is 12.0. The van der Waals surface area contributed by atoms with Crippen LogP contribution in [0.25, 0.3) is 0 Å². The molecule has 1 saturated carbocycles. The molecule has 2 aromatic rings. The van der Waals surface area contributed by atoms with Gasteiger partial charge < -0.3 is 20.1 Å². The van der Waals surface area contributed by atoms with Gasteiger partial charge in [-0.1, -0.05) is 32.9 Å². The highest BCUT2D eigenvalue weighted by Crippen LogP contribution is 2.46. The molecule has 4 rings (SSSR count). The number of nitrogens with one attached hydrogen (secondary N) is 1. The van der Waals surface area contributed by atoms with E-state index < -0.39 is 18.0 Å². The summed E-state index contributed by atoms with van der Waals surface area (Å²) in [5.74, 6) is -1.51. The van der Waals surface area contributed by atoms with Crippen LogP contribution in [0.15, 0.2) is 53.5 Å². The Kier molecular flexibility index (Phi) is 8.98. The van der Waals surface area contributed by atoms with Crippen molar-refractivity contribution >= 4 is 23.5 Å². The Labute approximate surface area is 243 Å². The predicted molar refractivity (Wildman–Crippen MR) is 150 cm³/mol. The molecule has 1 aliphatic heterocycles. The molecule has 2 aromatic carbocycles. The summed E-state index contributed by atoms with van der Waals surface area (Å²) in [7, 11) is 0. The highest BCUT2D eigenvalue weighted by Gasteiger charge is 2.49. The normalized spacial score (nSPS) is 20.9. The number of nitrogens with zero attached hydrogens (tertiary/aromatic N) is 2. The third-order valence-electron chi connectivity index (χ3n) is 8.11. The monoisotopic (exact) mass is 587 g/mol. The summed E-state index contributed by atoms with van der Waals surface area (Å²) in [4.78, 5) is 43.5. The number of amides is 2. The zero-order valence-corrected chi connectivity index (χ0v) is 24.0. The van der Waals surface area contributed by atoms with Crippen molar-refractivity contribution in [2.24, 2.45) is 16.3 Å². The first-order chi connectivity index (χ1) is 19.7. The van der Waals surface area contributed by atoms with Crippen LogP contribution in [0.2, 0.25) is 0 Å². The van der Waals surface area contributed by atoms with Gasteiger partial charge in [0.25, 0.3) is 11.8 Å². The van der Waals surface area contributed by atoms with Gasteiger partial charge in [0.2, 0.25) is 0 Å². The number of carboxylic acids is 1. The third kappa shape index (κ3) is 7.49. The number of carbonyl (C=O) groups is 3. The Hall–Kier alpha value is -3.89. The van der Waals surface area contributed by atoms with Crippen molar-refractivity contribution in [2.75, 3.05) is 13.1 Å². The van der Waals surface area contributed by atoms with Crippen molar-refractivity contribution in [2.45, 2.75) is 71.3 Å². The minimum absolute atomic E-state index is 0.0333. The Balaban J connectivity index is 1.50. The van der Waals surface area contributed by atoms with Gasteiger partial charge in [-0.15, -0.1) is 13.2 Å². The molecule has 11 heteroatoms. The van der Waals surface area contributed by atoms with Gasteiger partial charge in [0.05, 0.1) is 6.42 Å². The molecular weight excluding hydrogens is 551 g/mol. The van der Waals surface area contributed by atoms with E-state index in [1.165, 1.54) is 24.3 Å². The number of alkyl halides is 3. The van der Waals surface area contributed by atoms with Crippen LogP contribution in [0.3, 0.4) is 0 Å². The summed E-state index contributed by atoms with van der Waals surface area (Å²) in [6, 6.07) is 12.1. The van der Waals surface area contributed by atoms with Gasteiger partial charge >= 0.3 is 12.3 Å². The molecule has 42 heavy (non-hydrogen) atoms. The van der Waals surface area contributed by atoms with Crippen molar-refractivity contribution in [3.63, 3.8) is 0 Å². The SMILES string of the molecule is CC(C)(C)C1CCC2(CC1)N=C(c1ccc(OC(F)(F)F)cc1)C(=O)N2CCc1ccc(C(=O)NCCC(=O)O)cc1. The standard InChI is InChI=1S/C31H36F3N3O5/c1-29(2,3)23-12-16-30(17-13-23)36-26(21-8-10-24(11-9-21)42-31(32,33)34)28(41)37(30)19-15-20-4-6-22(7-5-20)27(40)35-18-14-25(38)39/h4-11,23H,12-19H2,1-3H3,(H,35,40)(H,38,39). The van der Waals surface area contributed by atoms with Crippen molar-refractivity contribution in [1.82, 2.24) is 10.2 Å². The van der Waals surface area contributed by atoms with Crippen LogP contribution in [0.1, 0.15) is 74.4 Å².